The fourth-order valence-corrected chi connectivity index (χ4v) is 2.37. The third-order valence-electron chi connectivity index (χ3n) is 2.77. The summed E-state index contributed by atoms with van der Waals surface area (Å²) in [4.78, 5) is 0. The molecular weight excluding hydrogens is 289 g/mol. The SMILES string of the molecule is CC1CCC(CNc2ccc(Cl)c(Br)c2)O1. The van der Waals surface area contributed by atoms with Crippen LogP contribution in [0.5, 0.6) is 0 Å². The molecule has 0 spiro atoms. The van der Waals surface area contributed by atoms with Gasteiger partial charge in [0, 0.05) is 16.7 Å². The molecule has 1 aliphatic heterocycles. The first-order valence-electron chi connectivity index (χ1n) is 5.49. The lowest BCUT2D eigenvalue weighted by molar-refractivity contribution is 0.0637. The largest absolute Gasteiger partial charge is 0.382 e. The molecule has 88 valence electrons. The van der Waals surface area contributed by atoms with Crippen LogP contribution in [0.2, 0.25) is 5.02 Å². The maximum absolute atomic E-state index is 5.93. The van der Waals surface area contributed by atoms with Gasteiger partial charge in [-0.3, -0.25) is 0 Å². The van der Waals surface area contributed by atoms with E-state index >= 15 is 0 Å². The number of ether oxygens (including phenoxy) is 1. The highest BCUT2D eigenvalue weighted by Crippen LogP contribution is 2.26. The molecule has 1 aromatic carbocycles. The molecule has 1 aromatic rings. The van der Waals surface area contributed by atoms with Gasteiger partial charge in [0.05, 0.1) is 17.2 Å². The zero-order valence-electron chi connectivity index (χ0n) is 9.17. The van der Waals surface area contributed by atoms with Gasteiger partial charge in [-0.15, -0.1) is 0 Å². The first-order chi connectivity index (χ1) is 7.65. The van der Waals surface area contributed by atoms with Gasteiger partial charge >= 0.3 is 0 Å². The van der Waals surface area contributed by atoms with Crippen LogP contribution in [0.15, 0.2) is 22.7 Å². The number of halogens is 2. The molecule has 0 amide bonds. The van der Waals surface area contributed by atoms with E-state index in [0.29, 0.717) is 12.2 Å². The van der Waals surface area contributed by atoms with E-state index in [2.05, 4.69) is 28.2 Å². The maximum Gasteiger partial charge on any atom is 0.0751 e. The minimum Gasteiger partial charge on any atom is -0.382 e. The summed E-state index contributed by atoms with van der Waals surface area (Å²) in [6, 6.07) is 5.85. The Morgan fingerprint density at radius 3 is 2.94 bits per heavy atom. The Hall–Kier alpha value is -0.250. The van der Waals surface area contributed by atoms with Crippen molar-refractivity contribution in [3.63, 3.8) is 0 Å². The lowest BCUT2D eigenvalue weighted by Crippen LogP contribution is -2.19. The van der Waals surface area contributed by atoms with Gasteiger partial charge in [-0.1, -0.05) is 11.6 Å². The van der Waals surface area contributed by atoms with Gasteiger partial charge < -0.3 is 10.1 Å². The van der Waals surface area contributed by atoms with Crippen molar-refractivity contribution < 1.29 is 4.74 Å². The predicted octanol–water partition coefficient (Wildman–Crippen LogP) is 4.08. The summed E-state index contributed by atoms with van der Waals surface area (Å²) in [5, 5.41) is 4.09. The second-order valence-electron chi connectivity index (χ2n) is 4.16. The minimum atomic E-state index is 0.337. The van der Waals surface area contributed by atoms with Crippen LogP contribution in [-0.4, -0.2) is 18.8 Å². The Labute approximate surface area is 109 Å². The first-order valence-corrected chi connectivity index (χ1v) is 6.66. The minimum absolute atomic E-state index is 0.337. The highest BCUT2D eigenvalue weighted by atomic mass is 79.9. The van der Waals surface area contributed by atoms with Crippen LogP contribution < -0.4 is 5.32 Å². The van der Waals surface area contributed by atoms with Crippen molar-refractivity contribution in [3.8, 4) is 0 Å². The van der Waals surface area contributed by atoms with Crippen LogP contribution in [0, 0.1) is 0 Å². The number of rotatable bonds is 3. The average Bonchev–Trinajstić information content (AvgIpc) is 2.66. The summed E-state index contributed by atoms with van der Waals surface area (Å²) in [6.07, 6.45) is 3.05. The molecule has 2 atom stereocenters. The molecule has 0 aliphatic carbocycles. The zero-order chi connectivity index (χ0) is 11.5. The summed E-state index contributed by atoms with van der Waals surface area (Å²) in [7, 11) is 0. The van der Waals surface area contributed by atoms with Gasteiger partial charge in [-0.05, 0) is 53.9 Å². The van der Waals surface area contributed by atoms with Crippen molar-refractivity contribution in [3.05, 3.63) is 27.7 Å². The Kier molecular flexibility index (Phi) is 4.11. The molecule has 0 aromatic heterocycles. The Morgan fingerprint density at radius 2 is 2.31 bits per heavy atom. The summed E-state index contributed by atoms with van der Waals surface area (Å²) >= 11 is 9.33. The first kappa shape index (κ1) is 12.2. The van der Waals surface area contributed by atoms with Crippen molar-refractivity contribution in [1.29, 1.82) is 0 Å². The van der Waals surface area contributed by atoms with Crippen LogP contribution in [0.1, 0.15) is 19.8 Å². The van der Waals surface area contributed by atoms with Crippen LogP contribution in [0.3, 0.4) is 0 Å². The molecule has 1 saturated heterocycles. The van der Waals surface area contributed by atoms with Crippen molar-refractivity contribution in [1.82, 2.24) is 0 Å². The summed E-state index contributed by atoms with van der Waals surface area (Å²) in [5.41, 5.74) is 1.07. The fraction of sp³-hybridized carbons (Fsp3) is 0.500. The standard InChI is InChI=1S/C12H15BrClNO/c1-8-2-4-10(16-8)7-15-9-3-5-12(14)11(13)6-9/h3,5-6,8,10,15H,2,4,7H2,1H3. The molecule has 1 N–H and O–H groups in total. The quantitative estimate of drug-likeness (QED) is 0.908. The molecule has 2 unspecified atom stereocenters. The molecule has 1 aliphatic rings. The van der Waals surface area contributed by atoms with Crippen LogP contribution >= 0.6 is 27.5 Å². The lowest BCUT2D eigenvalue weighted by Gasteiger charge is -2.13. The van der Waals surface area contributed by atoms with Crippen molar-refractivity contribution in [2.24, 2.45) is 0 Å². The van der Waals surface area contributed by atoms with E-state index in [4.69, 9.17) is 16.3 Å². The predicted molar refractivity (Wildman–Crippen MR) is 71.2 cm³/mol. The number of nitrogens with one attached hydrogen (secondary N) is 1. The van der Waals surface area contributed by atoms with Gasteiger partial charge in [-0.2, -0.15) is 0 Å². The lowest BCUT2D eigenvalue weighted by atomic mass is 10.2. The monoisotopic (exact) mass is 303 g/mol. The molecule has 1 fully saturated rings. The van der Waals surface area contributed by atoms with E-state index in [1.54, 1.807) is 0 Å². The van der Waals surface area contributed by atoms with E-state index in [-0.39, 0.29) is 0 Å². The van der Waals surface area contributed by atoms with Gasteiger partial charge in [0.2, 0.25) is 0 Å². The van der Waals surface area contributed by atoms with Crippen LogP contribution in [0.25, 0.3) is 0 Å². The summed E-state index contributed by atoms with van der Waals surface area (Å²) < 4.78 is 6.65. The molecule has 0 saturated carbocycles. The van der Waals surface area contributed by atoms with Gasteiger partial charge in [0.25, 0.3) is 0 Å². The smallest absolute Gasteiger partial charge is 0.0751 e. The van der Waals surface area contributed by atoms with Crippen molar-refractivity contribution in [2.75, 3.05) is 11.9 Å². The van der Waals surface area contributed by atoms with E-state index in [9.17, 15) is 0 Å². The number of anilines is 1. The van der Waals surface area contributed by atoms with E-state index < -0.39 is 0 Å². The van der Waals surface area contributed by atoms with Crippen molar-refractivity contribution in [2.45, 2.75) is 32.0 Å². The maximum atomic E-state index is 5.93. The van der Waals surface area contributed by atoms with Crippen molar-refractivity contribution >= 4 is 33.2 Å². The molecule has 0 radical (unpaired) electrons. The molecule has 1 heterocycles. The normalized spacial score (nSPS) is 24.7. The molecule has 0 bridgehead atoms. The van der Waals surface area contributed by atoms with E-state index in [0.717, 1.165) is 34.6 Å². The second-order valence-corrected chi connectivity index (χ2v) is 5.42. The van der Waals surface area contributed by atoms with E-state index in [1.165, 1.54) is 0 Å². The molecular formula is C12H15BrClNO. The molecule has 4 heteroatoms. The molecule has 2 rings (SSSR count). The average molecular weight is 305 g/mol. The van der Waals surface area contributed by atoms with Crippen LogP contribution in [0.4, 0.5) is 5.69 Å². The molecule has 16 heavy (non-hydrogen) atoms. The Bertz CT molecular complexity index is 372. The topological polar surface area (TPSA) is 21.3 Å². The Balaban J connectivity index is 1.87. The van der Waals surface area contributed by atoms with Gasteiger partial charge in [0.15, 0.2) is 0 Å². The molecule has 2 nitrogen and oxygen atoms in total. The van der Waals surface area contributed by atoms with E-state index in [1.807, 2.05) is 18.2 Å². The fourth-order valence-electron chi connectivity index (χ4n) is 1.87. The van der Waals surface area contributed by atoms with Gasteiger partial charge in [0.1, 0.15) is 0 Å². The zero-order valence-corrected chi connectivity index (χ0v) is 11.5. The number of hydrogen-bond acceptors (Lipinski definition) is 2. The van der Waals surface area contributed by atoms with Gasteiger partial charge in [-0.25, -0.2) is 0 Å². The Morgan fingerprint density at radius 1 is 1.50 bits per heavy atom. The second kappa shape index (κ2) is 5.39. The highest BCUT2D eigenvalue weighted by Gasteiger charge is 2.21. The highest BCUT2D eigenvalue weighted by molar-refractivity contribution is 9.10. The summed E-state index contributed by atoms with van der Waals surface area (Å²) in [6.45, 7) is 2.98. The summed E-state index contributed by atoms with van der Waals surface area (Å²) in [5.74, 6) is 0. The number of hydrogen-bond donors (Lipinski definition) is 1. The van der Waals surface area contributed by atoms with Crippen LogP contribution in [-0.2, 0) is 4.74 Å². The third-order valence-corrected chi connectivity index (χ3v) is 3.99. The number of benzene rings is 1. The third kappa shape index (κ3) is 3.12.